The average molecular weight is 144 g/mol. The Morgan fingerprint density at radius 1 is 1.27 bits per heavy atom. The van der Waals surface area contributed by atoms with Crippen molar-refractivity contribution in [1.29, 1.82) is 0 Å². The highest BCUT2D eigenvalue weighted by Gasteiger charge is 1.91. The van der Waals surface area contributed by atoms with Crippen molar-refractivity contribution in [3.63, 3.8) is 0 Å². The minimum Gasteiger partial charge on any atom is -0.312 e. The maximum atomic E-state index is 3.89. The molecule has 2 aromatic heterocycles. The number of rotatable bonds is 1. The molecule has 1 radical (unpaired) electrons. The van der Waals surface area contributed by atoms with Gasteiger partial charge in [0, 0.05) is 6.20 Å². The van der Waals surface area contributed by atoms with Gasteiger partial charge in [-0.1, -0.05) is 0 Å². The van der Waals surface area contributed by atoms with E-state index in [2.05, 4.69) is 16.2 Å². The smallest absolute Gasteiger partial charge is 0.115 e. The lowest BCUT2D eigenvalue weighted by atomic mass is 10.5. The molecular weight excluding hydrogens is 138 g/mol. The van der Waals surface area contributed by atoms with Crippen LogP contribution in [0.5, 0.6) is 0 Å². The maximum absolute atomic E-state index is 3.89. The van der Waals surface area contributed by atoms with Crippen molar-refractivity contribution in [2.24, 2.45) is 0 Å². The lowest BCUT2D eigenvalue weighted by molar-refractivity contribution is 1.01. The van der Waals surface area contributed by atoms with E-state index in [4.69, 9.17) is 0 Å². The molecule has 0 aromatic carbocycles. The van der Waals surface area contributed by atoms with E-state index < -0.39 is 0 Å². The first-order valence-corrected chi connectivity index (χ1v) is 3.27. The fraction of sp³-hybridized carbons (Fsp3) is 0. The Bertz CT molecular complexity index is 312. The van der Waals surface area contributed by atoms with Gasteiger partial charge in [-0.2, -0.15) is 0 Å². The highest BCUT2D eigenvalue weighted by atomic mass is 15.0. The van der Waals surface area contributed by atoms with Gasteiger partial charge in [0.25, 0.3) is 0 Å². The predicted molar refractivity (Wildman–Crippen MR) is 40.2 cm³/mol. The summed E-state index contributed by atoms with van der Waals surface area (Å²) in [6.45, 7) is 0. The number of hydrogen-bond donors (Lipinski definition) is 0. The van der Waals surface area contributed by atoms with Crippen LogP contribution in [0.2, 0.25) is 0 Å². The van der Waals surface area contributed by atoms with Crippen LogP contribution in [-0.2, 0) is 0 Å². The Morgan fingerprint density at radius 2 is 2.09 bits per heavy atom. The van der Waals surface area contributed by atoms with E-state index in [9.17, 15) is 0 Å². The van der Waals surface area contributed by atoms with Gasteiger partial charge in [0.05, 0.1) is 24.3 Å². The van der Waals surface area contributed by atoms with E-state index in [1.54, 1.807) is 12.4 Å². The molecule has 0 aliphatic carbocycles. The summed E-state index contributed by atoms with van der Waals surface area (Å²) in [5.74, 6) is 0. The van der Waals surface area contributed by atoms with Crippen LogP contribution >= 0.6 is 0 Å². The lowest BCUT2D eigenvalue weighted by Crippen LogP contribution is -1.91. The SMILES string of the molecule is [c]1cccn1-c1cncnc1. The molecule has 0 atom stereocenters. The summed E-state index contributed by atoms with van der Waals surface area (Å²) in [6.07, 6.45) is 9.88. The van der Waals surface area contributed by atoms with E-state index in [-0.39, 0.29) is 0 Å². The largest absolute Gasteiger partial charge is 0.312 e. The predicted octanol–water partition coefficient (Wildman–Crippen LogP) is 1.07. The van der Waals surface area contributed by atoms with Gasteiger partial charge < -0.3 is 4.57 Å². The summed E-state index contributed by atoms with van der Waals surface area (Å²) in [6, 6.07) is 3.75. The molecule has 11 heavy (non-hydrogen) atoms. The average Bonchev–Trinajstić information content (AvgIpc) is 2.58. The van der Waals surface area contributed by atoms with Crippen molar-refractivity contribution in [3.8, 4) is 5.69 Å². The molecule has 0 saturated heterocycles. The fourth-order valence-corrected chi connectivity index (χ4v) is 0.872. The van der Waals surface area contributed by atoms with Gasteiger partial charge in [-0.25, -0.2) is 9.97 Å². The highest BCUT2D eigenvalue weighted by Crippen LogP contribution is 2.01. The first kappa shape index (κ1) is 6.09. The first-order valence-electron chi connectivity index (χ1n) is 3.27. The molecule has 53 valence electrons. The molecule has 0 N–H and O–H groups in total. The van der Waals surface area contributed by atoms with Crippen LogP contribution in [0.4, 0.5) is 0 Å². The summed E-state index contributed by atoms with van der Waals surface area (Å²) >= 11 is 0. The van der Waals surface area contributed by atoms with Crippen LogP contribution in [0.25, 0.3) is 5.69 Å². The van der Waals surface area contributed by atoms with Gasteiger partial charge in [0.15, 0.2) is 0 Å². The quantitative estimate of drug-likeness (QED) is 0.599. The van der Waals surface area contributed by atoms with Gasteiger partial charge >= 0.3 is 0 Å². The molecule has 0 amide bonds. The Morgan fingerprint density at radius 3 is 2.73 bits per heavy atom. The molecule has 3 nitrogen and oxygen atoms in total. The first-order chi connectivity index (χ1) is 5.47. The van der Waals surface area contributed by atoms with Crippen molar-refractivity contribution in [2.75, 3.05) is 0 Å². The van der Waals surface area contributed by atoms with Crippen LogP contribution in [0.3, 0.4) is 0 Å². The third-order valence-electron chi connectivity index (χ3n) is 1.37. The second kappa shape index (κ2) is 2.54. The molecule has 0 aliphatic rings. The standard InChI is InChI=1S/C8H6N3/c1-2-4-11(3-1)8-5-9-7-10-6-8/h1-3,5-7H. The zero-order chi connectivity index (χ0) is 7.52. The molecule has 0 saturated carbocycles. The topological polar surface area (TPSA) is 30.7 Å². The van der Waals surface area contributed by atoms with E-state index in [1.807, 2.05) is 22.9 Å². The van der Waals surface area contributed by atoms with Crippen LogP contribution in [0.1, 0.15) is 0 Å². The summed E-state index contributed by atoms with van der Waals surface area (Å²) in [7, 11) is 0. The van der Waals surface area contributed by atoms with E-state index in [0.717, 1.165) is 5.69 Å². The third-order valence-corrected chi connectivity index (χ3v) is 1.37. The van der Waals surface area contributed by atoms with Gasteiger partial charge in [-0.15, -0.1) is 0 Å². The molecule has 0 fully saturated rings. The molecule has 0 spiro atoms. The summed E-state index contributed by atoms with van der Waals surface area (Å²) in [4.78, 5) is 7.78. The summed E-state index contributed by atoms with van der Waals surface area (Å²) in [5.41, 5.74) is 0.928. The Hall–Kier alpha value is -1.64. The maximum Gasteiger partial charge on any atom is 0.115 e. The van der Waals surface area contributed by atoms with Crippen molar-refractivity contribution < 1.29 is 0 Å². The zero-order valence-electron chi connectivity index (χ0n) is 5.81. The third kappa shape index (κ3) is 1.12. The van der Waals surface area contributed by atoms with Crippen molar-refractivity contribution in [2.45, 2.75) is 0 Å². The summed E-state index contributed by atoms with van der Waals surface area (Å²) < 4.78 is 1.83. The highest BCUT2D eigenvalue weighted by molar-refractivity contribution is 5.24. The Labute approximate surface area is 64.3 Å². The van der Waals surface area contributed by atoms with Gasteiger partial charge in [-0.3, -0.25) is 0 Å². The molecule has 2 rings (SSSR count). The Balaban J connectivity index is 2.46. The molecule has 0 aliphatic heterocycles. The molecule has 0 bridgehead atoms. The Kier molecular flexibility index (Phi) is 1.41. The molecule has 2 heterocycles. The van der Waals surface area contributed by atoms with Crippen LogP contribution in [-0.4, -0.2) is 14.5 Å². The molecule has 3 heteroatoms. The van der Waals surface area contributed by atoms with Crippen LogP contribution in [0.15, 0.2) is 37.1 Å². The number of nitrogens with zero attached hydrogens (tertiary/aromatic N) is 3. The number of aromatic nitrogens is 3. The van der Waals surface area contributed by atoms with Crippen molar-refractivity contribution in [3.05, 3.63) is 43.2 Å². The molecule has 2 aromatic rings. The number of hydrogen-bond acceptors (Lipinski definition) is 2. The van der Waals surface area contributed by atoms with E-state index in [0.29, 0.717) is 0 Å². The summed E-state index contributed by atoms with van der Waals surface area (Å²) in [5, 5.41) is 0. The lowest BCUT2D eigenvalue weighted by Gasteiger charge is -1.97. The van der Waals surface area contributed by atoms with Crippen LogP contribution < -0.4 is 0 Å². The van der Waals surface area contributed by atoms with Gasteiger partial charge in [0.1, 0.15) is 6.33 Å². The van der Waals surface area contributed by atoms with Crippen molar-refractivity contribution >= 4 is 0 Å². The molecule has 0 unspecified atom stereocenters. The fourth-order valence-electron chi connectivity index (χ4n) is 0.872. The monoisotopic (exact) mass is 144 g/mol. The molecular formula is C8H6N3. The zero-order valence-corrected chi connectivity index (χ0v) is 5.81. The van der Waals surface area contributed by atoms with Gasteiger partial charge in [0.2, 0.25) is 0 Å². The van der Waals surface area contributed by atoms with Crippen LogP contribution in [0, 0.1) is 6.20 Å². The van der Waals surface area contributed by atoms with E-state index >= 15 is 0 Å². The van der Waals surface area contributed by atoms with Gasteiger partial charge in [-0.05, 0) is 12.1 Å². The normalized spacial score (nSPS) is 9.82. The minimum absolute atomic E-state index is 0.928. The second-order valence-corrected chi connectivity index (χ2v) is 2.10. The van der Waals surface area contributed by atoms with E-state index in [1.165, 1.54) is 6.33 Å². The minimum atomic E-state index is 0.928. The second-order valence-electron chi connectivity index (χ2n) is 2.10. The van der Waals surface area contributed by atoms with Crippen molar-refractivity contribution in [1.82, 2.24) is 14.5 Å².